The van der Waals surface area contributed by atoms with E-state index < -0.39 is 15.8 Å². The zero-order valence-corrected chi connectivity index (χ0v) is 11.5. The van der Waals surface area contributed by atoms with Crippen LogP contribution in [-0.4, -0.2) is 25.3 Å². The SMILES string of the molecule is CC1CCC(C)N(S(=O)(=O)c2ccccc2F)C1. The molecule has 5 heteroatoms. The van der Waals surface area contributed by atoms with Crippen LogP contribution < -0.4 is 0 Å². The molecule has 0 aromatic heterocycles. The van der Waals surface area contributed by atoms with Gasteiger partial charge < -0.3 is 0 Å². The van der Waals surface area contributed by atoms with Crippen LogP contribution in [0.2, 0.25) is 0 Å². The maximum absolute atomic E-state index is 13.7. The third-order valence-corrected chi connectivity index (χ3v) is 5.50. The minimum Gasteiger partial charge on any atom is -0.207 e. The zero-order chi connectivity index (χ0) is 13.3. The predicted octanol–water partition coefficient (Wildman–Crippen LogP) is 2.63. The number of halogens is 1. The van der Waals surface area contributed by atoms with Gasteiger partial charge >= 0.3 is 0 Å². The Bertz CT molecular complexity index is 530. The van der Waals surface area contributed by atoms with Crippen LogP contribution in [0.3, 0.4) is 0 Å². The van der Waals surface area contributed by atoms with E-state index in [0.29, 0.717) is 12.5 Å². The third kappa shape index (κ3) is 2.42. The molecule has 1 aromatic carbocycles. The van der Waals surface area contributed by atoms with Gasteiger partial charge in [-0.1, -0.05) is 19.1 Å². The molecule has 18 heavy (non-hydrogen) atoms. The highest BCUT2D eigenvalue weighted by atomic mass is 32.2. The largest absolute Gasteiger partial charge is 0.246 e. The first kappa shape index (κ1) is 13.5. The number of hydrogen-bond acceptors (Lipinski definition) is 2. The van der Waals surface area contributed by atoms with Gasteiger partial charge in [0.2, 0.25) is 10.0 Å². The highest BCUT2D eigenvalue weighted by Gasteiger charge is 2.34. The van der Waals surface area contributed by atoms with Gasteiger partial charge in [0.25, 0.3) is 0 Å². The van der Waals surface area contributed by atoms with Gasteiger partial charge in [0.05, 0.1) is 0 Å². The molecule has 1 saturated heterocycles. The van der Waals surface area contributed by atoms with Crippen LogP contribution in [0.25, 0.3) is 0 Å². The number of sulfonamides is 1. The number of hydrogen-bond donors (Lipinski definition) is 0. The van der Waals surface area contributed by atoms with Gasteiger partial charge in [-0.25, -0.2) is 12.8 Å². The van der Waals surface area contributed by atoms with Crippen molar-refractivity contribution >= 4 is 10.0 Å². The van der Waals surface area contributed by atoms with E-state index in [0.717, 1.165) is 12.8 Å². The highest BCUT2D eigenvalue weighted by Crippen LogP contribution is 2.28. The Morgan fingerprint density at radius 2 is 1.89 bits per heavy atom. The normalized spacial score (nSPS) is 26.2. The highest BCUT2D eigenvalue weighted by molar-refractivity contribution is 7.89. The van der Waals surface area contributed by atoms with E-state index in [1.54, 1.807) is 6.07 Å². The second kappa shape index (κ2) is 4.97. The fourth-order valence-corrected chi connectivity index (χ4v) is 4.21. The van der Waals surface area contributed by atoms with Crippen molar-refractivity contribution in [3.8, 4) is 0 Å². The van der Waals surface area contributed by atoms with Crippen molar-refractivity contribution in [3.05, 3.63) is 30.1 Å². The molecule has 0 bridgehead atoms. The average Bonchev–Trinajstić information content (AvgIpc) is 2.32. The molecule has 0 amide bonds. The lowest BCUT2D eigenvalue weighted by Gasteiger charge is -2.35. The Balaban J connectivity index is 2.39. The van der Waals surface area contributed by atoms with Crippen molar-refractivity contribution in [1.82, 2.24) is 4.31 Å². The summed E-state index contributed by atoms with van der Waals surface area (Å²) in [6, 6.07) is 5.50. The minimum absolute atomic E-state index is 0.0641. The Hall–Kier alpha value is -0.940. The number of nitrogens with zero attached hydrogens (tertiary/aromatic N) is 1. The molecule has 1 aromatic rings. The number of rotatable bonds is 2. The molecular weight excluding hydrogens is 253 g/mol. The second-order valence-electron chi connectivity index (χ2n) is 5.04. The molecule has 2 rings (SSSR count). The van der Waals surface area contributed by atoms with E-state index in [-0.39, 0.29) is 10.9 Å². The Morgan fingerprint density at radius 3 is 2.56 bits per heavy atom. The smallest absolute Gasteiger partial charge is 0.207 e. The maximum Gasteiger partial charge on any atom is 0.246 e. The van der Waals surface area contributed by atoms with E-state index in [1.807, 2.05) is 13.8 Å². The van der Waals surface area contributed by atoms with Crippen LogP contribution in [-0.2, 0) is 10.0 Å². The maximum atomic E-state index is 13.7. The topological polar surface area (TPSA) is 37.4 Å². The van der Waals surface area contributed by atoms with Gasteiger partial charge in [0.15, 0.2) is 0 Å². The molecule has 0 spiro atoms. The van der Waals surface area contributed by atoms with E-state index in [1.165, 1.54) is 22.5 Å². The van der Waals surface area contributed by atoms with E-state index in [2.05, 4.69) is 0 Å². The van der Waals surface area contributed by atoms with Crippen LogP contribution in [0, 0.1) is 11.7 Å². The van der Waals surface area contributed by atoms with Crippen molar-refractivity contribution in [3.63, 3.8) is 0 Å². The molecule has 0 aliphatic carbocycles. The Kier molecular flexibility index (Phi) is 3.73. The first-order chi connectivity index (χ1) is 8.43. The molecule has 0 N–H and O–H groups in total. The first-order valence-corrected chi connectivity index (χ1v) is 7.63. The van der Waals surface area contributed by atoms with Crippen molar-refractivity contribution in [2.45, 2.75) is 37.6 Å². The van der Waals surface area contributed by atoms with Crippen LogP contribution in [0.4, 0.5) is 4.39 Å². The Labute approximate surface area is 108 Å². The van der Waals surface area contributed by atoms with Gasteiger partial charge in [-0.2, -0.15) is 4.31 Å². The summed E-state index contributed by atoms with van der Waals surface area (Å²) < 4.78 is 40.0. The van der Waals surface area contributed by atoms with Crippen molar-refractivity contribution in [2.24, 2.45) is 5.92 Å². The predicted molar refractivity (Wildman–Crippen MR) is 68.2 cm³/mol. The molecule has 1 fully saturated rings. The summed E-state index contributed by atoms with van der Waals surface area (Å²) in [4.78, 5) is -0.217. The summed E-state index contributed by atoms with van der Waals surface area (Å²) in [6.45, 7) is 4.37. The molecule has 1 aliphatic heterocycles. The van der Waals surface area contributed by atoms with Crippen molar-refractivity contribution in [1.29, 1.82) is 0 Å². The van der Waals surface area contributed by atoms with Crippen LogP contribution in [0.5, 0.6) is 0 Å². The van der Waals surface area contributed by atoms with Gasteiger partial charge in [0.1, 0.15) is 10.7 Å². The summed E-state index contributed by atoms with van der Waals surface area (Å²) in [5, 5.41) is 0. The lowest BCUT2D eigenvalue weighted by molar-refractivity contribution is 0.217. The van der Waals surface area contributed by atoms with Crippen LogP contribution in [0.1, 0.15) is 26.7 Å². The van der Waals surface area contributed by atoms with Gasteiger partial charge in [-0.3, -0.25) is 0 Å². The summed E-state index contributed by atoms with van der Waals surface area (Å²) >= 11 is 0. The molecule has 0 saturated carbocycles. The van der Waals surface area contributed by atoms with Crippen LogP contribution >= 0.6 is 0 Å². The first-order valence-electron chi connectivity index (χ1n) is 6.19. The average molecular weight is 271 g/mol. The molecule has 1 aliphatic rings. The minimum atomic E-state index is -3.72. The Morgan fingerprint density at radius 1 is 1.22 bits per heavy atom. The third-order valence-electron chi connectivity index (χ3n) is 3.48. The van der Waals surface area contributed by atoms with Gasteiger partial charge in [-0.05, 0) is 37.8 Å². The molecule has 3 nitrogen and oxygen atoms in total. The summed E-state index contributed by atoms with van der Waals surface area (Å²) in [7, 11) is -3.72. The van der Waals surface area contributed by atoms with Crippen molar-refractivity contribution in [2.75, 3.05) is 6.54 Å². The van der Waals surface area contributed by atoms with E-state index in [9.17, 15) is 12.8 Å². The number of benzene rings is 1. The lowest BCUT2D eigenvalue weighted by atomic mass is 9.97. The standard InChI is InChI=1S/C13H18FNO2S/c1-10-7-8-11(2)15(9-10)18(16,17)13-6-4-3-5-12(13)14/h3-6,10-11H,7-9H2,1-2H3. The van der Waals surface area contributed by atoms with E-state index in [4.69, 9.17) is 0 Å². The van der Waals surface area contributed by atoms with Gasteiger partial charge in [0, 0.05) is 12.6 Å². The molecule has 2 unspecified atom stereocenters. The zero-order valence-electron chi connectivity index (χ0n) is 10.6. The summed E-state index contributed by atoms with van der Waals surface area (Å²) in [5.74, 6) is -0.356. The van der Waals surface area contributed by atoms with Crippen LogP contribution in [0.15, 0.2) is 29.2 Å². The molecule has 2 atom stereocenters. The molecule has 100 valence electrons. The molecule has 1 heterocycles. The lowest BCUT2D eigenvalue weighted by Crippen LogP contribution is -2.45. The molecule has 0 radical (unpaired) electrons. The fraction of sp³-hybridized carbons (Fsp3) is 0.538. The number of piperidine rings is 1. The van der Waals surface area contributed by atoms with Crippen molar-refractivity contribution < 1.29 is 12.8 Å². The monoisotopic (exact) mass is 271 g/mol. The fourth-order valence-electron chi connectivity index (χ4n) is 2.36. The van der Waals surface area contributed by atoms with Gasteiger partial charge in [-0.15, -0.1) is 0 Å². The quantitative estimate of drug-likeness (QED) is 0.829. The summed E-state index contributed by atoms with van der Waals surface area (Å²) in [5.41, 5.74) is 0. The second-order valence-corrected chi connectivity index (χ2v) is 6.90. The molecular formula is C13H18FNO2S. The van der Waals surface area contributed by atoms with E-state index >= 15 is 0 Å². The summed E-state index contributed by atoms with van der Waals surface area (Å²) in [6.07, 6.45) is 1.85.